The van der Waals surface area contributed by atoms with Crippen LogP contribution in [-0.4, -0.2) is 0 Å². The van der Waals surface area contributed by atoms with E-state index in [2.05, 4.69) is 0 Å². The van der Waals surface area contributed by atoms with E-state index in [-0.39, 0.29) is 5.38 Å². The van der Waals surface area contributed by atoms with Gasteiger partial charge in [0.25, 0.3) is 0 Å². The number of benzene rings is 2. The normalized spacial score (nSPS) is 12.4. The van der Waals surface area contributed by atoms with Gasteiger partial charge in [0.1, 0.15) is 0 Å². The lowest BCUT2D eigenvalue weighted by atomic mass is 10.00. The van der Waals surface area contributed by atoms with Crippen molar-refractivity contribution in [3.8, 4) is 0 Å². The van der Waals surface area contributed by atoms with Gasteiger partial charge < -0.3 is 0 Å². The SMILES string of the molecule is Cc1ccccc1C(Cl)Cc1ccc(F)c(F)c1. The van der Waals surface area contributed by atoms with Crippen LogP contribution >= 0.6 is 11.6 Å². The minimum atomic E-state index is -0.833. The van der Waals surface area contributed by atoms with Crippen LogP contribution in [0, 0.1) is 18.6 Å². The van der Waals surface area contributed by atoms with Crippen LogP contribution in [0.4, 0.5) is 8.78 Å². The number of aryl methyl sites for hydroxylation is 1. The summed E-state index contributed by atoms with van der Waals surface area (Å²) in [4.78, 5) is 0. The van der Waals surface area contributed by atoms with Gasteiger partial charge in [-0.15, -0.1) is 11.6 Å². The van der Waals surface area contributed by atoms with Crippen molar-refractivity contribution in [1.29, 1.82) is 0 Å². The molecule has 18 heavy (non-hydrogen) atoms. The quantitative estimate of drug-likeness (QED) is 0.701. The maximum Gasteiger partial charge on any atom is 0.159 e. The minimum absolute atomic E-state index is 0.240. The second-order valence-electron chi connectivity index (χ2n) is 4.28. The summed E-state index contributed by atoms with van der Waals surface area (Å²) in [5, 5.41) is -0.240. The molecule has 0 amide bonds. The Morgan fingerprint density at radius 1 is 1.06 bits per heavy atom. The van der Waals surface area contributed by atoms with Crippen LogP contribution in [0.3, 0.4) is 0 Å². The zero-order valence-electron chi connectivity index (χ0n) is 9.96. The molecule has 0 radical (unpaired) electrons. The Labute approximate surface area is 110 Å². The lowest BCUT2D eigenvalue weighted by molar-refractivity contribution is 0.507. The Hall–Kier alpha value is -1.41. The summed E-state index contributed by atoms with van der Waals surface area (Å²) in [7, 11) is 0. The van der Waals surface area contributed by atoms with Crippen LogP contribution < -0.4 is 0 Å². The highest BCUT2D eigenvalue weighted by Crippen LogP contribution is 2.27. The predicted molar refractivity (Wildman–Crippen MR) is 69.8 cm³/mol. The van der Waals surface area contributed by atoms with Crippen molar-refractivity contribution >= 4 is 11.6 Å². The third kappa shape index (κ3) is 2.88. The van der Waals surface area contributed by atoms with Crippen molar-refractivity contribution in [3.05, 3.63) is 70.8 Å². The molecule has 0 aliphatic rings. The highest BCUT2D eigenvalue weighted by molar-refractivity contribution is 6.21. The summed E-state index contributed by atoms with van der Waals surface area (Å²) in [6.45, 7) is 1.98. The molecule has 0 aliphatic heterocycles. The van der Waals surface area contributed by atoms with Crippen molar-refractivity contribution in [3.63, 3.8) is 0 Å². The molecule has 0 spiro atoms. The third-order valence-electron chi connectivity index (χ3n) is 2.92. The summed E-state index contributed by atoms with van der Waals surface area (Å²) in [6, 6.07) is 11.7. The Morgan fingerprint density at radius 3 is 2.44 bits per heavy atom. The fourth-order valence-electron chi connectivity index (χ4n) is 1.92. The average molecular weight is 267 g/mol. The summed E-state index contributed by atoms with van der Waals surface area (Å²) < 4.78 is 25.9. The van der Waals surface area contributed by atoms with E-state index in [0.717, 1.165) is 17.2 Å². The minimum Gasteiger partial charge on any atom is -0.204 e. The van der Waals surface area contributed by atoms with Gasteiger partial charge in [0.05, 0.1) is 5.38 Å². The van der Waals surface area contributed by atoms with Crippen molar-refractivity contribution in [2.45, 2.75) is 18.7 Å². The molecule has 0 nitrogen and oxygen atoms in total. The van der Waals surface area contributed by atoms with Crippen LogP contribution in [0.2, 0.25) is 0 Å². The number of alkyl halides is 1. The summed E-state index contributed by atoms with van der Waals surface area (Å²) in [5.74, 6) is -1.66. The molecule has 3 heteroatoms. The van der Waals surface area contributed by atoms with Gasteiger partial charge in [-0.2, -0.15) is 0 Å². The van der Waals surface area contributed by atoms with Crippen LogP contribution in [0.15, 0.2) is 42.5 Å². The molecule has 1 atom stereocenters. The standard InChI is InChI=1S/C15H13ClF2/c1-10-4-2-3-5-12(10)13(16)8-11-6-7-14(17)15(18)9-11/h2-7,9,13H,8H2,1H3. The molecule has 94 valence electrons. The van der Waals surface area contributed by atoms with Crippen molar-refractivity contribution in [1.82, 2.24) is 0 Å². The molecule has 0 bridgehead atoms. The van der Waals surface area contributed by atoms with E-state index < -0.39 is 11.6 Å². The van der Waals surface area contributed by atoms with E-state index in [4.69, 9.17) is 11.6 Å². The second-order valence-corrected chi connectivity index (χ2v) is 4.80. The van der Waals surface area contributed by atoms with Gasteiger partial charge in [-0.25, -0.2) is 8.78 Å². The van der Waals surface area contributed by atoms with E-state index in [1.54, 1.807) is 6.07 Å². The molecule has 0 heterocycles. The Bertz CT molecular complexity index is 552. The van der Waals surface area contributed by atoms with E-state index >= 15 is 0 Å². The van der Waals surface area contributed by atoms with Gasteiger partial charge in [-0.1, -0.05) is 30.3 Å². The van der Waals surface area contributed by atoms with Crippen LogP contribution in [-0.2, 0) is 6.42 Å². The molecule has 0 aromatic heterocycles. The molecule has 1 unspecified atom stereocenters. The predicted octanol–water partition coefficient (Wildman–Crippen LogP) is 4.80. The number of hydrogen-bond donors (Lipinski definition) is 0. The largest absolute Gasteiger partial charge is 0.204 e. The van der Waals surface area contributed by atoms with Gasteiger partial charge in [0.2, 0.25) is 0 Å². The monoisotopic (exact) mass is 266 g/mol. The maximum atomic E-state index is 13.1. The number of halogens is 3. The molecular weight excluding hydrogens is 254 g/mol. The maximum absolute atomic E-state index is 13.1. The lowest BCUT2D eigenvalue weighted by Crippen LogP contribution is -1.99. The van der Waals surface area contributed by atoms with Crippen LogP contribution in [0.1, 0.15) is 22.1 Å². The Morgan fingerprint density at radius 2 is 1.78 bits per heavy atom. The highest BCUT2D eigenvalue weighted by Gasteiger charge is 2.12. The van der Waals surface area contributed by atoms with E-state index in [1.807, 2.05) is 31.2 Å². The first-order valence-electron chi connectivity index (χ1n) is 5.71. The first kappa shape index (κ1) is 13.0. The number of rotatable bonds is 3. The third-order valence-corrected chi connectivity index (χ3v) is 3.31. The van der Waals surface area contributed by atoms with Gasteiger partial charge in [-0.05, 0) is 42.2 Å². The Kier molecular flexibility index (Phi) is 3.97. The molecular formula is C15H13ClF2. The van der Waals surface area contributed by atoms with Gasteiger partial charge in [0.15, 0.2) is 11.6 Å². The number of hydrogen-bond acceptors (Lipinski definition) is 0. The van der Waals surface area contributed by atoms with Gasteiger partial charge in [0, 0.05) is 0 Å². The molecule has 0 aliphatic carbocycles. The highest BCUT2D eigenvalue weighted by atomic mass is 35.5. The van der Waals surface area contributed by atoms with Gasteiger partial charge in [-0.3, -0.25) is 0 Å². The second kappa shape index (κ2) is 5.49. The molecule has 2 aromatic carbocycles. The first-order valence-corrected chi connectivity index (χ1v) is 6.15. The molecule has 0 N–H and O–H groups in total. The zero-order valence-corrected chi connectivity index (χ0v) is 10.7. The van der Waals surface area contributed by atoms with E-state index in [1.165, 1.54) is 6.07 Å². The first-order chi connectivity index (χ1) is 8.58. The molecule has 0 saturated heterocycles. The smallest absolute Gasteiger partial charge is 0.159 e. The molecule has 2 aromatic rings. The van der Waals surface area contributed by atoms with E-state index in [9.17, 15) is 8.78 Å². The summed E-state index contributed by atoms with van der Waals surface area (Å²) in [5.41, 5.74) is 2.81. The molecule has 2 rings (SSSR count). The molecule has 0 fully saturated rings. The fraction of sp³-hybridized carbons (Fsp3) is 0.200. The average Bonchev–Trinajstić information content (AvgIpc) is 2.34. The van der Waals surface area contributed by atoms with Crippen LogP contribution in [0.25, 0.3) is 0 Å². The fourth-order valence-corrected chi connectivity index (χ4v) is 2.34. The van der Waals surface area contributed by atoms with Gasteiger partial charge >= 0.3 is 0 Å². The van der Waals surface area contributed by atoms with Crippen molar-refractivity contribution in [2.24, 2.45) is 0 Å². The van der Waals surface area contributed by atoms with Crippen molar-refractivity contribution < 1.29 is 8.78 Å². The summed E-state index contributed by atoms with van der Waals surface area (Å²) >= 11 is 6.32. The zero-order chi connectivity index (χ0) is 13.1. The Balaban J connectivity index is 2.19. The van der Waals surface area contributed by atoms with Crippen LogP contribution in [0.5, 0.6) is 0 Å². The van der Waals surface area contributed by atoms with Crippen molar-refractivity contribution in [2.75, 3.05) is 0 Å². The topological polar surface area (TPSA) is 0 Å². The van der Waals surface area contributed by atoms with E-state index in [0.29, 0.717) is 12.0 Å². The lowest BCUT2D eigenvalue weighted by Gasteiger charge is -2.12. The molecule has 0 saturated carbocycles. The summed E-state index contributed by atoms with van der Waals surface area (Å²) in [6.07, 6.45) is 0.476.